The van der Waals surface area contributed by atoms with Crippen LogP contribution in [0.3, 0.4) is 0 Å². The molecule has 0 aliphatic rings. The number of hydrogen-bond donors (Lipinski definition) is 1. The number of anilines is 1. The van der Waals surface area contributed by atoms with Gasteiger partial charge in [-0.3, -0.25) is 4.79 Å². The molecule has 0 atom stereocenters. The fourth-order valence-corrected chi connectivity index (χ4v) is 2.38. The molecule has 134 valence electrons. The van der Waals surface area contributed by atoms with E-state index in [2.05, 4.69) is 20.4 Å². The van der Waals surface area contributed by atoms with E-state index in [0.717, 1.165) is 6.20 Å². The molecule has 0 fully saturated rings. The fraction of sp³-hybridized carbons (Fsp3) is 0.0667. The molecule has 0 radical (unpaired) electrons. The summed E-state index contributed by atoms with van der Waals surface area (Å²) in [5.74, 6) is -1.16. The van der Waals surface area contributed by atoms with Crippen LogP contribution in [0, 0.1) is 0 Å². The van der Waals surface area contributed by atoms with Crippen molar-refractivity contribution in [2.75, 3.05) is 5.32 Å². The van der Waals surface area contributed by atoms with Gasteiger partial charge in [-0.15, -0.1) is 0 Å². The van der Waals surface area contributed by atoms with E-state index in [9.17, 15) is 18.0 Å². The van der Waals surface area contributed by atoms with Crippen molar-refractivity contribution in [3.8, 4) is 5.82 Å². The van der Waals surface area contributed by atoms with Crippen molar-refractivity contribution in [1.82, 2.24) is 19.7 Å². The van der Waals surface area contributed by atoms with Gasteiger partial charge in [-0.2, -0.15) is 18.3 Å². The first-order chi connectivity index (χ1) is 12.3. The number of carbonyl (C=O) groups is 1. The summed E-state index contributed by atoms with van der Waals surface area (Å²) in [6.45, 7) is 0. The van der Waals surface area contributed by atoms with Crippen LogP contribution in [-0.2, 0) is 6.18 Å². The molecule has 3 rings (SSSR count). The zero-order valence-electron chi connectivity index (χ0n) is 12.6. The van der Waals surface area contributed by atoms with E-state index >= 15 is 0 Å². The monoisotopic (exact) mass is 401 g/mol. The number of alkyl halides is 3. The molecule has 3 aromatic rings. The Bertz CT molecular complexity index is 957. The molecule has 0 aliphatic carbocycles. The van der Waals surface area contributed by atoms with Crippen LogP contribution in [0.4, 0.5) is 19.0 Å². The normalized spacial score (nSPS) is 11.4. The molecule has 3 aromatic heterocycles. The lowest BCUT2D eigenvalue weighted by molar-refractivity contribution is -0.143. The van der Waals surface area contributed by atoms with E-state index in [4.69, 9.17) is 23.2 Å². The largest absolute Gasteiger partial charge is 0.434 e. The number of amides is 1. The number of aromatic nitrogens is 4. The van der Waals surface area contributed by atoms with Gasteiger partial charge in [0.05, 0.1) is 16.8 Å². The Morgan fingerprint density at radius 2 is 1.88 bits per heavy atom. The Hall–Kier alpha value is -2.65. The SMILES string of the molecule is O=C(Nc1ccc(Cl)cn1)c1cnn(-c2cccc(Cl)n2)c1C(F)(F)F. The van der Waals surface area contributed by atoms with Gasteiger partial charge < -0.3 is 5.32 Å². The number of hydrogen-bond acceptors (Lipinski definition) is 4. The standard InChI is InChI=1S/C15H8Cl2F3N5O/c16-8-4-5-11(21-6-8)24-14(26)9-7-22-25(13(9)15(18,19)20)12-3-1-2-10(17)23-12/h1-7H,(H,21,24,26). The number of nitrogens with zero attached hydrogens (tertiary/aromatic N) is 4. The molecule has 0 saturated carbocycles. The summed E-state index contributed by atoms with van der Waals surface area (Å²) in [5, 5.41) is 6.22. The van der Waals surface area contributed by atoms with Crippen molar-refractivity contribution >= 4 is 34.9 Å². The molecule has 26 heavy (non-hydrogen) atoms. The van der Waals surface area contributed by atoms with Gasteiger partial charge in [0.15, 0.2) is 11.5 Å². The minimum atomic E-state index is -4.86. The summed E-state index contributed by atoms with van der Waals surface area (Å²) < 4.78 is 41.1. The molecule has 0 aliphatic heterocycles. The second-order valence-corrected chi connectivity index (χ2v) is 5.77. The number of carbonyl (C=O) groups excluding carboxylic acids is 1. The maximum atomic E-state index is 13.5. The minimum Gasteiger partial charge on any atom is -0.306 e. The molecule has 0 saturated heterocycles. The Morgan fingerprint density at radius 1 is 1.12 bits per heavy atom. The van der Waals surface area contributed by atoms with Crippen LogP contribution in [-0.4, -0.2) is 25.7 Å². The third kappa shape index (κ3) is 3.78. The molecule has 1 amide bonds. The zero-order chi connectivity index (χ0) is 18.9. The van der Waals surface area contributed by atoms with Crippen LogP contribution in [0.15, 0.2) is 42.7 Å². The average molecular weight is 402 g/mol. The summed E-state index contributed by atoms with van der Waals surface area (Å²) in [6.07, 6.45) is -2.81. The van der Waals surface area contributed by atoms with Crippen molar-refractivity contribution in [3.63, 3.8) is 0 Å². The molecule has 6 nitrogen and oxygen atoms in total. The maximum absolute atomic E-state index is 13.5. The van der Waals surface area contributed by atoms with Crippen LogP contribution in [0.1, 0.15) is 16.1 Å². The Kier molecular flexibility index (Phi) is 4.84. The first-order valence-electron chi connectivity index (χ1n) is 6.97. The lowest BCUT2D eigenvalue weighted by Gasteiger charge is -2.12. The van der Waals surface area contributed by atoms with Crippen molar-refractivity contribution in [2.45, 2.75) is 6.18 Å². The molecule has 0 aromatic carbocycles. The van der Waals surface area contributed by atoms with Gasteiger partial charge in [-0.05, 0) is 24.3 Å². The predicted molar refractivity (Wildman–Crippen MR) is 88.6 cm³/mol. The topological polar surface area (TPSA) is 72.7 Å². The van der Waals surface area contributed by atoms with Crippen molar-refractivity contribution in [3.05, 3.63) is 64.2 Å². The maximum Gasteiger partial charge on any atom is 0.434 e. The quantitative estimate of drug-likeness (QED) is 0.666. The molecule has 1 N–H and O–H groups in total. The predicted octanol–water partition coefficient (Wildman–Crippen LogP) is 4.24. The van der Waals surface area contributed by atoms with Gasteiger partial charge in [0, 0.05) is 6.20 Å². The minimum absolute atomic E-state index is 0.0116. The lowest BCUT2D eigenvalue weighted by Crippen LogP contribution is -2.21. The van der Waals surface area contributed by atoms with E-state index in [1.807, 2.05) is 0 Å². The zero-order valence-corrected chi connectivity index (χ0v) is 14.1. The molecular weight excluding hydrogens is 394 g/mol. The van der Waals surface area contributed by atoms with Gasteiger partial charge >= 0.3 is 6.18 Å². The molecule has 3 heterocycles. The first-order valence-corrected chi connectivity index (χ1v) is 7.72. The first kappa shape index (κ1) is 18.2. The summed E-state index contributed by atoms with van der Waals surface area (Å²) >= 11 is 11.4. The van der Waals surface area contributed by atoms with Gasteiger partial charge in [0.1, 0.15) is 11.0 Å². The smallest absolute Gasteiger partial charge is 0.306 e. The van der Waals surface area contributed by atoms with E-state index < -0.39 is 23.3 Å². The van der Waals surface area contributed by atoms with Gasteiger partial charge in [0.25, 0.3) is 5.91 Å². The number of rotatable bonds is 3. The van der Waals surface area contributed by atoms with E-state index in [-0.39, 0.29) is 16.8 Å². The van der Waals surface area contributed by atoms with Crippen LogP contribution in [0.2, 0.25) is 10.2 Å². The highest BCUT2D eigenvalue weighted by Gasteiger charge is 2.41. The number of pyridine rings is 2. The molecule has 0 unspecified atom stereocenters. The van der Waals surface area contributed by atoms with Crippen LogP contribution < -0.4 is 5.32 Å². The van der Waals surface area contributed by atoms with Gasteiger partial charge in [-0.1, -0.05) is 29.3 Å². The summed E-state index contributed by atoms with van der Waals surface area (Å²) in [7, 11) is 0. The molecule has 0 bridgehead atoms. The van der Waals surface area contributed by atoms with Gasteiger partial charge in [0.2, 0.25) is 0 Å². The molecule has 0 spiro atoms. The van der Waals surface area contributed by atoms with Crippen molar-refractivity contribution in [2.24, 2.45) is 0 Å². The highest BCUT2D eigenvalue weighted by Crippen LogP contribution is 2.33. The van der Waals surface area contributed by atoms with E-state index in [1.165, 1.54) is 36.5 Å². The van der Waals surface area contributed by atoms with E-state index in [1.54, 1.807) is 0 Å². The van der Waals surface area contributed by atoms with Crippen LogP contribution in [0.5, 0.6) is 0 Å². The second-order valence-electron chi connectivity index (χ2n) is 4.95. The van der Waals surface area contributed by atoms with E-state index in [0.29, 0.717) is 9.70 Å². The lowest BCUT2D eigenvalue weighted by atomic mass is 10.2. The molecular formula is C15H8Cl2F3N5O. The Morgan fingerprint density at radius 3 is 2.50 bits per heavy atom. The third-order valence-corrected chi connectivity index (χ3v) is 3.60. The Balaban J connectivity index is 2.02. The van der Waals surface area contributed by atoms with Gasteiger partial charge in [-0.25, -0.2) is 14.6 Å². The second kappa shape index (κ2) is 6.93. The average Bonchev–Trinajstić information content (AvgIpc) is 3.02. The summed E-state index contributed by atoms with van der Waals surface area (Å²) in [6, 6.07) is 6.91. The van der Waals surface area contributed by atoms with Crippen molar-refractivity contribution < 1.29 is 18.0 Å². The summed E-state index contributed by atoms with van der Waals surface area (Å²) in [5.41, 5.74) is -1.96. The highest BCUT2D eigenvalue weighted by atomic mass is 35.5. The highest BCUT2D eigenvalue weighted by molar-refractivity contribution is 6.30. The number of halogens is 5. The fourth-order valence-electron chi connectivity index (χ4n) is 2.11. The Labute approximate surface area is 154 Å². The molecule has 11 heteroatoms. The van der Waals surface area contributed by atoms with Crippen LogP contribution >= 0.6 is 23.2 Å². The summed E-state index contributed by atoms with van der Waals surface area (Å²) in [4.78, 5) is 19.9. The number of nitrogens with one attached hydrogen (secondary N) is 1. The van der Waals surface area contributed by atoms with Crippen LogP contribution in [0.25, 0.3) is 5.82 Å². The van der Waals surface area contributed by atoms with Crippen molar-refractivity contribution in [1.29, 1.82) is 0 Å². The third-order valence-electron chi connectivity index (χ3n) is 3.17.